The highest BCUT2D eigenvalue weighted by atomic mass is 19.1. The highest BCUT2D eigenvalue weighted by molar-refractivity contribution is 5.98. The van der Waals surface area contributed by atoms with Crippen molar-refractivity contribution in [1.29, 1.82) is 0 Å². The zero-order valence-corrected chi connectivity index (χ0v) is 19.9. The second-order valence-corrected chi connectivity index (χ2v) is 9.44. The first kappa shape index (κ1) is 23.9. The normalized spacial score (nSPS) is 19.1. The zero-order chi connectivity index (χ0) is 24.2. The monoisotopic (exact) mass is 465 g/mol. The molecule has 34 heavy (non-hydrogen) atoms. The van der Waals surface area contributed by atoms with Crippen molar-refractivity contribution in [3.05, 3.63) is 65.0 Å². The van der Waals surface area contributed by atoms with Gasteiger partial charge in [0.25, 0.3) is 11.8 Å². The molecular formula is C27H32FN3O3. The van der Waals surface area contributed by atoms with Crippen molar-refractivity contribution < 1.29 is 18.8 Å². The Balaban J connectivity index is 1.33. The summed E-state index contributed by atoms with van der Waals surface area (Å²) in [5.41, 5.74) is 2.66. The van der Waals surface area contributed by atoms with Gasteiger partial charge in [-0.2, -0.15) is 0 Å². The SMILES string of the molecule is Cc1cc(C(=O)N2CCCCC2C)ccc1NC(=O)C1CCN(C(=O)c2ccc(F)cc2)CC1. The Bertz CT molecular complexity index is 1060. The van der Waals surface area contributed by atoms with E-state index in [4.69, 9.17) is 0 Å². The van der Waals surface area contributed by atoms with Crippen LogP contribution in [0, 0.1) is 18.7 Å². The molecule has 1 atom stereocenters. The lowest BCUT2D eigenvalue weighted by Gasteiger charge is -2.33. The van der Waals surface area contributed by atoms with Crippen molar-refractivity contribution in [2.45, 2.75) is 52.0 Å². The van der Waals surface area contributed by atoms with Crippen molar-refractivity contribution in [2.24, 2.45) is 5.92 Å². The molecule has 2 aliphatic heterocycles. The summed E-state index contributed by atoms with van der Waals surface area (Å²) in [7, 11) is 0. The van der Waals surface area contributed by atoms with E-state index in [-0.39, 0.29) is 35.5 Å². The minimum absolute atomic E-state index is 0.0476. The number of carbonyl (C=O) groups is 3. The lowest BCUT2D eigenvalue weighted by atomic mass is 9.95. The van der Waals surface area contributed by atoms with Gasteiger partial charge in [0, 0.05) is 48.4 Å². The van der Waals surface area contributed by atoms with Crippen LogP contribution in [0.25, 0.3) is 0 Å². The van der Waals surface area contributed by atoms with Gasteiger partial charge in [-0.05, 0) is 94.0 Å². The van der Waals surface area contributed by atoms with E-state index in [1.54, 1.807) is 11.0 Å². The van der Waals surface area contributed by atoms with Gasteiger partial charge in [0.1, 0.15) is 5.82 Å². The van der Waals surface area contributed by atoms with Crippen LogP contribution in [0.4, 0.5) is 10.1 Å². The van der Waals surface area contributed by atoms with Gasteiger partial charge in [-0.25, -0.2) is 4.39 Å². The summed E-state index contributed by atoms with van der Waals surface area (Å²) in [4.78, 5) is 42.1. The standard InChI is InChI=1S/C27H32FN3O3/c1-18-17-22(27(34)31-14-4-3-5-19(31)2)8-11-24(18)29-25(32)20-12-15-30(16-13-20)26(33)21-6-9-23(28)10-7-21/h6-11,17,19-20H,3-5,12-16H2,1-2H3,(H,29,32). The van der Waals surface area contributed by atoms with Crippen LogP contribution in [-0.4, -0.2) is 53.2 Å². The van der Waals surface area contributed by atoms with Gasteiger partial charge in [-0.3, -0.25) is 14.4 Å². The fraction of sp³-hybridized carbons (Fsp3) is 0.444. The molecule has 3 amide bonds. The molecule has 2 fully saturated rings. The van der Waals surface area contributed by atoms with Crippen LogP contribution >= 0.6 is 0 Å². The minimum Gasteiger partial charge on any atom is -0.339 e. The molecule has 2 saturated heterocycles. The second-order valence-electron chi connectivity index (χ2n) is 9.44. The molecule has 0 bridgehead atoms. The fourth-order valence-electron chi connectivity index (χ4n) is 4.86. The number of likely N-dealkylation sites (tertiary alicyclic amines) is 2. The third-order valence-electron chi connectivity index (χ3n) is 7.04. The van der Waals surface area contributed by atoms with Crippen molar-refractivity contribution in [1.82, 2.24) is 9.80 Å². The number of hydrogen-bond acceptors (Lipinski definition) is 3. The molecule has 2 aromatic carbocycles. The first-order valence-corrected chi connectivity index (χ1v) is 12.1. The maximum atomic E-state index is 13.1. The lowest BCUT2D eigenvalue weighted by Crippen LogP contribution is -2.42. The quantitative estimate of drug-likeness (QED) is 0.715. The van der Waals surface area contributed by atoms with E-state index in [1.807, 2.05) is 24.0 Å². The molecule has 0 saturated carbocycles. The van der Waals surface area contributed by atoms with Gasteiger partial charge >= 0.3 is 0 Å². The number of amides is 3. The van der Waals surface area contributed by atoms with Crippen LogP contribution in [0.5, 0.6) is 0 Å². The number of piperidine rings is 2. The molecule has 2 aliphatic rings. The number of aryl methyl sites for hydroxylation is 1. The molecule has 2 aromatic rings. The molecule has 0 spiro atoms. The zero-order valence-electron chi connectivity index (χ0n) is 19.9. The number of anilines is 1. The van der Waals surface area contributed by atoms with Gasteiger partial charge < -0.3 is 15.1 Å². The first-order valence-electron chi connectivity index (χ1n) is 12.1. The van der Waals surface area contributed by atoms with Gasteiger partial charge in [0.15, 0.2) is 0 Å². The topological polar surface area (TPSA) is 69.7 Å². The van der Waals surface area contributed by atoms with Crippen LogP contribution in [0.15, 0.2) is 42.5 Å². The number of benzene rings is 2. The summed E-state index contributed by atoms with van der Waals surface area (Å²) in [6, 6.07) is 11.2. The Kier molecular flexibility index (Phi) is 7.29. The largest absolute Gasteiger partial charge is 0.339 e. The Labute approximate surface area is 200 Å². The Morgan fingerprint density at radius 1 is 0.882 bits per heavy atom. The highest BCUT2D eigenvalue weighted by Crippen LogP contribution is 2.25. The molecule has 0 aliphatic carbocycles. The summed E-state index contributed by atoms with van der Waals surface area (Å²) in [5, 5.41) is 3.01. The number of rotatable bonds is 4. The van der Waals surface area contributed by atoms with Crippen molar-refractivity contribution in [3.63, 3.8) is 0 Å². The van der Waals surface area contributed by atoms with Gasteiger partial charge in [-0.1, -0.05) is 0 Å². The smallest absolute Gasteiger partial charge is 0.254 e. The third-order valence-corrected chi connectivity index (χ3v) is 7.04. The molecule has 0 radical (unpaired) electrons. The lowest BCUT2D eigenvalue weighted by molar-refractivity contribution is -0.121. The number of nitrogens with one attached hydrogen (secondary N) is 1. The van der Waals surface area contributed by atoms with E-state index in [2.05, 4.69) is 12.2 Å². The predicted molar refractivity (Wildman–Crippen MR) is 129 cm³/mol. The van der Waals surface area contributed by atoms with E-state index < -0.39 is 0 Å². The van der Waals surface area contributed by atoms with E-state index in [0.717, 1.165) is 31.4 Å². The molecule has 1 unspecified atom stereocenters. The van der Waals surface area contributed by atoms with Gasteiger partial charge in [-0.15, -0.1) is 0 Å². The van der Waals surface area contributed by atoms with E-state index in [0.29, 0.717) is 42.7 Å². The maximum absolute atomic E-state index is 13.1. The Morgan fingerprint density at radius 2 is 1.56 bits per heavy atom. The molecule has 4 rings (SSSR count). The van der Waals surface area contributed by atoms with Crippen molar-refractivity contribution >= 4 is 23.4 Å². The van der Waals surface area contributed by atoms with E-state index in [1.165, 1.54) is 24.3 Å². The van der Waals surface area contributed by atoms with Crippen molar-refractivity contribution in [3.8, 4) is 0 Å². The minimum atomic E-state index is -0.374. The third kappa shape index (κ3) is 5.29. The molecule has 7 heteroatoms. The molecule has 180 valence electrons. The average molecular weight is 466 g/mol. The number of halogens is 1. The van der Waals surface area contributed by atoms with E-state index >= 15 is 0 Å². The summed E-state index contributed by atoms with van der Waals surface area (Å²) in [6.45, 7) is 5.75. The summed E-state index contributed by atoms with van der Waals surface area (Å²) in [6.07, 6.45) is 4.38. The van der Waals surface area contributed by atoms with Crippen LogP contribution in [0.1, 0.15) is 65.3 Å². The second kappa shape index (κ2) is 10.4. The van der Waals surface area contributed by atoms with Crippen LogP contribution in [-0.2, 0) is 4.79 Å². The van der Waals surface area contributed by atoms with Crippen LogP contribution < -0.4 is 5.32 Å². The highest BCUT2D eigenvalue weighted by Gasteiger charge is 2.29. The summed E-state index contributed by atoms with van der Waals surface area (Å²) >= 11 is 0. The summed E-state index contributed by atoms with van der Waals surface area (Å²) < 4.78 is 13.1. The number of hydrogen-bond donors (Lipinski definition) is 1. The fourth-order valence-corrected chi connectivity index (χ4v) is 4.86. The summed E-state index contributed by atoms with van der Waals surface area (Å²) in [5.74, 6) is -0.724. The van der Waals surface area contributed by atoms with Crippen LogP contribution in [0.3, 0.4) is 0 Å². The maximum Gasteiger partial charge on any atom is 0.254 e. The molecule has 2 heterocycles. The average Bonchev–Trinajstić information content (AvgIpc) is 2.85. The number of nitrogens with zero attached hydrogens (tertiary/aromatic N) is 2. The molecule has 0 aromatic heterocycles. The van der Waals surface area contributed by atoms with Crippen molar-refractivity contribution in [2.75, 3.05) is 25.0 Å². The molecule has 6 nitrogen and oxygen atoms in total. The first-order chi connectivity index (χ1) is 16.3. The molecular weight excluding hydrogens is 433 g/mol. The Morgan fingerprint density at radius 3 is 2.21 bits per heavy atom. The van der Waals surface area contributed by atoms with Gasteiger partial charge in [0.05, 0.1) is 0 Å². The Hall–Kier alpha value is -3.22. The van der Waals surface area contributed by atoms with E-state index in [9.17, 15) is 18.8 Å². The predicted octanol–water partition coefficient (Wildman–Crippen LogP) is 4.64. The number of carbonyl (C=O) groups excluding carboxylic acids is 3. The van der Waals surface area contributed by atoms with Crippen LogP contribution in [0.2, 0.25) is 0 Å². The molecule has 1 N–H and O–H groups in total. The van der Waals surface area contributed by atoms with Gasteiger partial charge in [0.2, 0.25) is 5.91 Å².